The number of nitrogens with one attached hydrogen (secondary N) is 1. The van der Waals surface area contributed by atoms with E-state index in [1.54, 1.807) is 23.2 Å². The maximum absolute atomic E-state index is 5.19. The molecule has 0 bridgehead atoms. The van der Waals surface area contributed by atoms with Gasteiger partial charge >= 0.3 is 0 Å². The molecular weight excluding hydrogens is 284 g/mol. The van der Waals surface area contributed by atoms with Gasteiger partial charge in [0.25, 0.3) is 0 Å². The molecule has 104 valence electrons. The van der Waals surface area contributed by atoms with E-state index in [1.165, 1.54) is 0 Å². The predicted octanol–water partition coefficient (Wildman–Crippen LogP) is 3.75. The highest BCUT2D eigenvalue weighted by atomic mass is 32.1. The molecule has 0 aliphatic heterocycles. The van der Waals surface area contributed by atoms with Crippen LogP contribution in [0.2, 0.25) is 0 Å². The lowest BCUT2D eigenvalue weighted by Gasteiger charge is -1.99. The Morgan fingerprint density at radius 1 is 1.19 bits per heavy atom. The first-order valence-corrected chi connectivity index (χ1v) is 6.73. The van der Waals surface area contributed by atoms with Crippen molar-refractivity contribution in [1.29, 1.82) is 0 Å². The van der Waals surface area contributed by atoms with Crippen LogP contribution in [0.25, 0.3) is 17.5 Å². The summed E-state index contributed by atoms with van der Waals surface area (Å²) in [6.07, 6.45) is 6.86. The van der Waals surface area contributed by atoms with Crippen LogP contribution >= 0.6 is 12.2 Å². The van der Waals surface area contributed by atoms with Crippen molar-refractivity contribution in [2.75, 3.05) is 0 Å². The number of hydrogen-bond donors (Lipinski definition) is 1. The lowest BCUT2D eigenvalue weighted by atomic mass is 10.2. The van der Waals surface area contributed by atoms with Gasteiger partial charge in [-0.25, -0.2) is 5.10 Å². The molecule has 3 rings (SSSR count). The summed E-state index contributed by atoms with van der Waals surface area (Å²) < 4.78 is 7.21. The second kappa shape index (κ2) is 6.15. The van der Waals surface area contributed by atoms with Crippen molar-refractivity contribution < 1.29 is 4.42 Å². The monoisotopic (exact) mass is 296 g/mol. The number of aromatic nitrogens is 3. The van der Waals surface area contributed by atoms with E-state index >= 15 is 0 Å². The van der Waals surface area contributed by atoms with E-state index in [1.807, 2.05) is 48.5 Å². The molecule has 0 spiro atoms. The topological polar surface area (TPSA) is 59.1 Å². The third kappa shape index (κ3) is 3.06. The molecule has 0 atom stereocenters. The Kier molecular flexibility index (Phi) is 3.88. The van der Waals surface area contributed by atoms with Crippen LogP contribution < -0.4 is 0 Å². The van der Waals surface area contributed by atoms with Crippen LogP contribution in [0.15, 0.2) is 64.3 Å². The van der Waals surface area contributed by atoms with E-state index in [9.17, 15) is 0 Å². The fourth-order valence-electron chi connectivity index (χ4n) is 1.80. The van der Waals surface area contributed by atoms with E-state index < -0.39 is 0 Å². The van der Waals surface area contributed by atoms with Crippen LogP contribution in [0.1, 0.15) is 5.76 Å². The van der Waals surface area contributed by atoms with Gasteiger partial charge in [-0.15, -0.1) is 0 Å². The van der Waals surface area contributed by atoms with Crippen LogP contribution in [-0.2, 0) is 0 Å². The van der Waals surface area contributed by atoms with Crippen LogP contribution in [0.5, 0.6) is 0 Å². The summed E-state index contributed by atoms with van der Waals surface area (Å²) >= 11 is 5.19. The number of furan rings is 1. The summed E-state index contributed by atoms with van der Waals surface area (Å²) in [6.45, 7) is 0. The van der Waals surface area contributed by atoms with E-state index in [2.05, 4.69) is 15.3 Å². The smallest absolute Gasteiger partial charge is 0.216 e. The van der Waals surface area contributed by atoms with E-state index in [0.29, 0.717) is 10.6 Å². The number of benzene rings is 1. The van der Waals surface area contributed by atoms with Gasteiger partial charge in [0.15, 0.2) is 5.82 Å². The second-order valence-electron chi connectivity index (χ2n) is 4.17. The van der Waals surface area contributed by atoms with Gasteiger partial charge in [-0.3, -0.25) is 0 Å². The molecule has 0 aliphatic carbocycles. The number of nitrogens with zero attached hydrogens (tertiary/aromatic N) is 3. The molecule has 0 saturated carbocycles. The minimum Gasteiger partial charge on any atom is -0.465 e. The highest BCUT2D eigenvalue weighted by Gasteiger charge is 2.06. The molecule has 0 fully saturated rings. The summed E-state index contributed by atoms with van der Waals surface area (Å²) in [7, 11) is 0. The molecule has 2 aromatic heterocycles. The van der Waals surface area contributed by atoms with Crippen molar-refractivity contribution in [3.63, 3.8) is 0 Å². The first-order valence-electron chi connectivity index (χ1n) is 6.32. The zero-order chi connectivity index (χ0) is 14.5. The molecule has 1 aromatic carbocycles. The number of H-pyrrole nitrogens is 1. The fourth-order valence-corrected chi connectivity index (χ4v) is 1.98. The second-order valence-corrected chi connectivity index (χ2v) is 4.56. The molecule has 0 radical (unpaired) electrons. The van der Waals surface area contributed by atoms with Crippen molar-refractivity contribution in [3.05, 3.63) is 65.3 Å². The highest BCUT2D eigenvalue weighted by Crippen LogP contribution is 2.16. The maximum Gasteiger partial charge on any atom is 0.216 e. The van der Waals surface area contributed by atoms with Crippen LogP contribution in [0, 0.1) is 4.77 Å². The molecule has 0 unspecified atom stereocenters. The predicted molar refractivity (Wildman–Crippen MR) is 84.5 cm³/mol. The van der Waals surface area contributed by atoms with E-state index in [0.717, 1.165) is 11.3 Å². The molecular formula is C15H12N4OS. The average molecular weight is 296 g/mol. The van der Waals surface area contributed by atoms with Gasteiger partial charge in [-0.2, -0.15) is 14.9 Å². The fraction of sp³-hybridized carbons (Fsp3) is 0. The minimum absolute atomic E-state index is 0.441. The number of rotatable bonds is 4. The molecule has 2 heterocycles. The zero-order valence-corrected chi connectivity index (χ0v) is 11.8. The van der Waals surface area contributed by atoms with Crippen LogP contribution in [0.4, 0.5) is 0 Å². The lowest BCUT2D eigenvalue weighted by Crippen LogP contribution is -1.93. The largest absolute Gasteiger partial charge is 0.465 e. The summed E-state index contributed by atoms with van der Waals surface area (Å²) in [5.74, 6) is 1.43. The van der Waals surface area contributed by atoms with Crippen molar-refractivity contribution in [2.45, 2.75) is 0 Å². The number of allylic oxidation sites excluding steroid dienone is 1. The molecule has 1 N–H and O–H groups in total. The maximum atomic E-state index is 5.19. The highest BCUT2D eigenvalue weighted by molar-refractivity contribution is 7.71. The van der Waals surface area contributed by atoms with Crippen molar-refractivity contribution in [1.82, 2.24) is 14.9 Å². The Labute approximate surface area is 126 Å². The standard InChI is InChI=1S/C15H12N4OS/c21-15-18-17-14(12-6-2-1-3-7-12)19(15)16-10-4-8-13-9-5-11-20-13/h1-11H,(H,18,21). The van der Waals surface area contributed by atoms with E-state index in [-0.39, 0.29) is 0 Å². The van der Waals surface area contributed by atoms with Gasteiger partial charge in [0.2, 0.25) is 4.77 Å². The van der Waals surface area contributed by atoms with Gasteiger partial charge in [0.1, 0.15) is 5.76 Å². The third-order valence-corrected chi connectivity index (χ3v) is 3.02. The lowest BCUT2D eigenvalue weighted by molar-refractivity contribution is 0.557. The zero-order valence-electron chi connectivity index (χ0n) is 11.0. The Morgan fingerprint density at radius 3 is 2.81 bits per heavy atom. The summed E-state index contributed by atoms with van der Waals surface area (Å²) in [5.41, 5.74) is 0.942. The molecule has 0 saturated heterocycles. The SMILES string of the molecule is S=c1[nH]nc(-c2ccccc2)n1N=CC=Cc1ccco1. The normalized spacial score (nSPS) is 11.6. The summed E-state index contributed by atoms with van der Waals surface area (Å²) in [6, 6.07) is 13.4. The molecule has 5 nitrogen and oxygen atoms in total. The minimum atomic E-state index is 0.441. The molecule has 0 aliphatic rings. The van der Waals surface area contributed by atoms with E-state index in [4.69, 9.17) is 16.6 Å². The summed E-state index contributed by atoms with van der Waals surface area (Å²) in [5, 5.41) is 11.3. The van der Waals surface area contributed by atoms with Gasteiger partial charge < -0.3 is 4.42 Å². The molecule has 6 heteroatoms. The Hall–Kier alpha value is -2.73. The Balaban J connectivity index is 1.86. The van der Waals surface area contributed by atoms with Gasteiger partial charge in [-0.1, -0.05) is 30.3 Å². The Morgan fingerprint density at radius 2 is 2.05 bits per heavy atom. The summed E-state index contributed by atoms with van der Waals surface area (Å²) in [4.78, 5) is 0. The number of aromatic amines is 1. The van der Waals surface area contributed by atoms with Crippen LogP contribution in [-0.4, -0.2) is 21.1 Å². The van der Waals surface area contributed by atoms with Gasteiger partial charge in [0, 0.05) is 11.8 Å². The first kappa shape index (κ1) is 13.3. The molecule has 3 aromatic rings. The number of hydrogen-bond acceptors (Lipinski definition) is 4. The molecule has 21 heavy (non-hydrogen) atoms. The third-order valence-electron chi connectivity index (χ3n) is 2.75. The van der Waals surface area contributed by atoms with Crippen molar-refractivity contribution >= 4 is 24.5 Å². The van der Waals surface area contributed by atoms with Crippen molar-refractivity contribution in [2.24, 2.45) is 5.10 Å². The average Bonchev–Trinajstić information content (AvgIpc) is 3.15. The van der Waals surface area contributed by atoms with Crippen molar-refractivity contribution in [3.8, 4) is 11.4 Å². The quantitative estimate of drug-likeness (QED) is 0.589. The van der Waals surface area contributed by atoms with Gasteiger partial charge in [-0.05, 0) is 36.5 Å². The Bertz CT molecular complexity index is 813. The molecule has 0 amide bonds. The van der Waals surface area contributed by atoms with Crippen LogP contribution in [0.3, 0.4) is 0 Å². The van der Waals surface area contributed by atoms with Gasteiger partial charge in [0.05, 0.1) is 6.26 Å². The first-order chi connectivity index (χ1) is 10.3.